The highest BCUT2D eigenvalue weighted by Crippen LogP contribution is 2.37. The third-order valence-corrected chi connectivity index (χ3v) is 4.75. The second-order valence-corrected chi connectivity index (χ2v) is 6.98. The second kappa shape index (κ2) is 5.69. The van der Waals surface area contributed by atoms with Gasteiger partial charge >= 0.3 is 0 Å². The summed E-state index contributed by atoms with van der Waals surface area (Å²) in [5.74, 6) is 0.630. The van der Waals surface area contributed by atoms with Gasteiger partial charge in [-0.2, -0.15) is 0 Å². The zero-order valence-corrected chi connectivity index (χ0v) is 12.7. The quantitative estimate of drug-likeness (QED) is 0.879. The van der Waals surface area contributed by atoms with Crippen LogP contribution in [0.5, 0.6) is 0 Å². The summed E-state index contributed by atoms with van der Waals surface area (Å²) in [6.45, 7) is 6.94. The molecule has 1 N–H and O–H groups in total. The number of aromatic nitrogens is 1. The van der Waals surface area contributed by atoms with Gasteiger partial charge in [-0.05, 0) is 62.2 Å². The van der Waals surface area contributed by atoms with E-state index >= 15 is 0 Å². The van der Waals surface area contributed by atoms with Crippen LogP contribution in [0.4, 0.5) is 0 Å². The van der Waals surface area contributed by atoms with E-state index in [-0.39, 0.29) is 0 Å². The number of nitrogens with zero attached hydrogens (tertiary/aromatic N) is 1. The summed E-state index contributed by atoms with van der Waals surface area (Å²) in [6, 6.07) is 7.58. The number of rotatable bonds is 2. The van der Waals surface area contributed by atoms with E-state index in [9.17, 15) is 0 Å². The van der Waals surface area contributed by atoms with Crippen LogP contribution >= 0.6 is 0 Å². The maximum Gasteiger partial charge on any atom is 0.0740 e. The average molecular weight is 269 g/mol. The van der Waals surface area contributed by atoms with Gasteiger partial charge in [0.05, 0.1) is 5.69 Å². The van der Waals surface area contributed by atoms with E-state index in [2.05, 4.69) is 43.4 Å². The number of hydrogen-bond acceptors (Lipinski definition) is 2. The van der Waals surface area contributed by atoms with Gasteiger partial charge in [-0.1, -0.05) is 26.0 Å². The van der Waals surface area contributed by atoms with Gasteiger partial charge in [-0.3, -0.25) is 4.98 Å². The number of piperidine rings is 1. The summed E-state index contributed by atoms with van der Waals surface area (Å²) in [7, 11) is 0. The molecule has 1 aliphatic carbocycles. The summed E-state index contributed by atoms with van der Waals surface area (Å²) in [5, 5.41) is 3.42. The summed E-state index contributed by atoms with van der Waals surface area (Å²) < 4.78 is 0. The normalized spacial score (nSPS) is 23.4. The molecule has 1 radical (unpaired) electrons. The Hall–Kier alpha value is -1.15. The lowest BCUT2D eigenvalue weighted by atomic mass is 9.77. The molecule has 2 heterocycles. The van der Waals surface area contributed by atoms with Crippen LogP contribution in [-0.4, -0.2) is 18.1 Å². The zero-order chi connectivity index (χ0) is 14.0. The standard InChI is InChI=1S/C18H25N2/c1-18(2)10-6-14(7-11-18)16-4-3-5-17(20-16)15-8-12-19-13-9-15/h3,5-6,15,19H,7-13H2,1-2H3. The van der Waals surface area contributed by atoms with E-state index in [1.165, 1.54) is 30.5 Å². The molecule has 1 aliphatic heterocycles. The Labute approximate surface area is 122 Å². The molecule has 1 aromatic rings. The molecule has 0 aromatic carbocycles. The maximum absolute atomic E-state index is 4.92. The molecule has 0 saturated carbocycles. The van der Waals surface area contributed by atoms with E-state index in [0.29, 0.717) is 11.3 Å². The molecule has 3 rings (SSSR count). The summed E-state index contributed by atoms with van der Waals surface area (Å²) in [5.41, 5.74) is 4.22. The van der Waals surface area contributed by atoms with E-state index in [4.69, 9.17) is 4.98 Å². The van der Waals surface area contributed by atoms with Gasteiger partial charge in [0.2, 0.25) is 0 Å². The van der Waals surface area contributed by atoms with Gasteiger partial charge in [0.1, 0.15) is 0 Å². The van der Waals surface area contributed by atoms with Crippen LogP contribution in [0.25, 0.3) is 5.57 Å². The predicted octanol–water partition coefficient (Wildman–Crippen LogP) is 3.94. The van der Waals surface area contributed by atoms with Crippen LogP contribution < -0.4 is 5.32 Å². The monoisotopic (exact) mass is 269 g/mol. The molecule has 107 valence electrons. The number of allylic oxidation sites excluding steroid dienone is 2. The van der Waals surface area contributed by atoms with Crippen LogP contribution in [0, 0.1) is 11.5 Å². The van der Waals surface area contributed by atoms with Crippen molar-refractivity contribution in [1.29, 1.82) is 0 Å². The average Bonchev–Trinajstić information content (AvgIpc) is 2.48. The van der Waals surface area contributed by atoms with Crippen molar-refractivity contribution in [3.63, 3.8) is 0 Å². The Bertz CT molecular complexity index is 496. The summed E-state index contributed by atoms with van der Waals surface area (Å²) >= 11 is 0. The molecular weight excluding hydrogens is 244 g/mol. The number of hydrogen-bond donors (Lipinski definition) is 1. The third kappa shape index (κ3) is 3.12. The van der Waals surface area contributed by atoms with Crippen molar-refractivity contribution in [1.82, 2.24) is 10.3 Å². The molecule has 0 amide bonds. The lowest BCUT2D eigenvalue weighted by Crippen LogP contribution is -2.27. The van der Waals surface area contributed by atoms with Gasteiger partial charge in [0.25, 0.3) is 0 Å². The molecule has 1 aromatic heterocycles. The van der Waals surface area contributed by atoms with Crippen molar-refractivity contribution in [2.45, 2.75) is 51.9 Å². The minimum atomic E-state index is 0.455. The lowest BCUT2D eigenvalue weighted by Gasteiger charge is -2.28. The Balaban J connectivity index is 1.79. The molecule has 0 unspecified atom stereocenters. The van der Waals surface area contributed by atoms with Crippen LogP contribution in [0.1, 0.15) is 63.3 Å². The Morgan fingerprint density at radius 3 is 2.80 bits per heavy atom. The molecule has 0 atom stereocenters. The summed E-state index contributed by atoms with van der Waals surface area (Å²) in [6.07, 6.45) is 8.37. The van der Waals surface area contributed by atoms with Crippen molar-refractivity contribution in [3.8, 4) is 0 Å². The molecular formula is C18H25N2. The highest BCUT2D eigenvalue weighted by molar-refractivity contribution is 5.63. The Morgan fingerprint density at radius 2 is 2.10 bits per heavy atom. The van der Waals surface area contributed by atoms with Crippen LogP contribution in [0.3, 0.4) is 0 Å². The van der Waals surface area contributed by atoms with Gasteiger partial charge in [-0.25, -0.2) is 0 Å². The van der Waals surface area contributed by atoms with Crippen molar-refractivity contribution in [2.24, 2.45) is 5.41 Å². The van der Waals surface area contributed by atoms with Crippen LogP contribution in [-0.2, 0) is 0 Å². The fraction of sp³-hybridized carbons (Fsp3) is 0.611. The first-order valence-electron chi connectivity index (χ1n) is 7.93. The maximum atomic E-state index is 4.92. The Kier molecular flexibility index (Phi) is 3.93. The molecule has 2 heteroatoms. The third-order valence-electron chi connectivity index (χ3n) is 4.75. The van der Waals surface area contributed by atoms with Crippen molar-refractivity contribution < 1.29 is 0 Å². The van der Waals surface area contributed by atoms with E-state index in [0.717, 1.165) is 31.6 Å². The molecule has 2 nitrogen and oxygen atoms in total. The highest BCUT2D eigenvalue weighted by Gasteiger charge is 2.23. The highest BCUT2D eigenvalue weighted by atomic mass is 14.9. The summed E-state index contributed by atoms with van der Waals surface area (Å²) in [4.78, 5) is 4.92. The molecule has 0 spiro atoms. The van der Waals surface area contributed by atoms with Crippen LogP contribution in [0.15, 0.2) is 18.2 Å². The van der Waals surface area contributed by atoms with Gasteiger partial charge < -0.3 is 5.32 Å². The minimum absolute atomic E-state index is 0.455. The smallest absolute Gasteiger partial charge is 0.0740 e. The van der Waals surface area contributed by atoms with E-state index in [1.807, 2.05) is 0 Å². The van der Waals surface area contributed by atoms with Gasteiger partial charge in [0.15, 0.2) is 0 Å². The minimum Gasteiger partial charge on any atom is -0.317 e. The van der Waals surface area contributed by atoms with Crippen molar-refractivity contribution in [2.75, 3.05) is 13.1 Å². The SMILES string of the molecule is CC1(C)CC=C(c2[c]ccc(C3CCNCC3)n2)CC1. The predicted molar refractivity (Wildman–Crippen MR) is 83.5 cm³/mol. The molecule has 0 bridgehead atoms. The molecule has 1 saturated heterocycles. The van der Waals surface area contributed by atoms with E-state index < -0.39 is 0 Å². The first-order valence-corrected chi connectivity index (χ1v) is 7.93. The topological polar surface area (TPSA) is 24.9 Å². The lowest BCUT2D eigenvalue weighted by molar-refractivity contribution is 0.334. The van der Waals surface area contributed by atoms with Crippen LogP contribution in [0.2, 0.25) is 0 Å². The Morgan fingerprint density at radius 1 is 1.30 bits per heavy atom. The fourth-order valence-corrected chi connectivity index (χ4v) is 3.21. The van der Waals surface area contributed by atoms with Crippen molar-refractivity contribution in [3.05, 3.63) is 35.7 Å². The first kappa shape index (κ1) is 13.8. The largest absolute Gasteiger partial charge is 0.317 e. The number of pyridine rings is 1. The molecule has 2 aliphatic rings. The van der Waals surface area contributed by atoms with E-state index in [1.54, 1.807) is 0 Å². The first-order chi connectivity index (χ1) is 9.64. The zero-order valence-electron chi connectivity index (χ0n) is 12.7. The number of nitrogens with one attached hydrogen (secondary N) is 1. The van der Waals surface area contributed by atoms with Gasteiger partial charge in [0, 0.05) is 17.7 Å². The second-order valence-electron chi connectivity index (χ2n) is 6.98. The van der Waals surface area contributed by atoms with Crippen molar-refractivity contribution >= 4 is 5.57 Å². The fourth-order valence-electron chi connectivity index (χ4n) is 3.21. The van der Waals surface area contributed by atoms with Gasteiger partial charge in [-0.15, -0.1) is 0 Å². The molecule has 1 fully saturated rings. The molecule has 20 heavy (non-hydrogen) atoms.